The Bertz CT molecular complexity index is 2190. The Hall–Kier alpha value is 0.207. The third-order valence-electron chi connectivity index (χ3n) is 8.30. The third kappa shape index (κ3) is 92.2. The van der Waals surface area contributed by atoms with Gasteiger partial charge in [0.1, 0.15) is 0 Å². The number of nitrogens with zero attached hydrogens (tertiary/aromatic N) is 6. The maximum atomic E-state index is 11.4. The van der Waals surface area contributed by atoms with Gasteiger partial charge in [0.2, 0.25) is 0 Å². The van der Waals surface area contributed by atoms with Gasteiger partial charge in [-0.1, -0.05) is 72.9 Å². The molecule has 0 aromatic carbocycles. The summed E-state index contributed by atoms with van der Waals surface area (Å²) in [5, 5.41) is 55.8. The average molecular weight is 3090 g/mol. The zero-order valence-corrected chi connectivity index (χ0v) is 85.3. The van der Waals surface area contributed by atoms with Gasteiger partial charge < -0.3 is 155 Å². The Labute approximate surface area is 790 Å². The SMILES string of the molecule is O=C1C=CC=CC1=CNCCNC=C1C=CC=CC1=O.O=C1C=CC=CC1=CNCCNC=C1C=CC=CC1=O.O=C1C=CC=CC1=CNCCNC=C1C=CC=CC1=O.[C-]#N.[C-]#N.[C-]#N.[C-]#N.[C-]#N.[C-]#N.[Mn].[Mn].[Mn].[Mn].[Mn].[Mn].[NH2-].[NH2-].[NH2-].[Re].[Re].[Re].[Re].[Re].[Re].[Se-].[Se-].[Se].[Se].[Se].[Se].[Se].[Se]. The molecule has 0 spiro atoms. The first-order chi connectivity index (χ1) is 35.3. The van der Waals surface area contributed by atoms with E-state index in [1.807, 2.05) is 36.5 Å². The largest absolute Gasteiger partial charge is 1.00 e. The van der Waals surface area contributed by atoms with Crippen LogP contribution in [0.3, 0.4) is 0 Å². The summed E-state index contributed by atoms with van der Waals surface area (Å²) < 4.78 is 0. The first-order valence-electron chi connectivity index (χ1n) is 20.6. The van der Waals surface area contributed by atoms with Gasteiger partial charge in [0.05, 0.1) is 0 Å². The average Bonchev–Trinajstić information content (AvgIpc) is 3.43. The first kappa shape index (κ1) is 176. The molecule has 0 bridgehead atoms. The van der Waals surface area contributed by atoms with Crippen molar-refractivity contribution in [1.82, 2.24) is 31.9 Å². The van der Waals surface area contributed by atoms with Crippen molar-refractivity contribution in [2.24, 2.45) is 0 Å². The van der Waals surface area contributed by atoms with Crippen LogP contribution in [-0.4, -0.2) is 211 Å². The summed E-state index contributed by atoms with van der Waals surface area (Å²) in [7, 11) is 0. The van der Waals surface area contributed by atoms with E-state index in [2.05, 4.69) is 31.9 Å². The summed E-state index contributed by atoms with van der Waals surface area (Å²) in [5.74, 6) is -0.00109. The quantitative estimate of drug-likeness (QED) is 0.0590. The van der Waals surface area contributed by atoms with Crippen LogP contribution >= 0.6 is 0 Å². The summed E-state index contributed by atoms with van der Waals surface area (Å²) >= 11 is 0. The molecule has 0 saturated heterocycles. The Kier molecular flexibility index (Phi) is 248. The molecule has 0 atom stereocenters. The fraction of sp³-hybridized carbons (Fsp3) is 0.111. The second kappa shape index (κ2) is 134. The van der Waals surface area contributed by atoms with Crippen molar-refractivity contribution >= 4 is 171 Å². The predicted octanol–water partition coefficient (Wildman–Crippen LogP) is 3.62. The molecule has 524 valence electrons. The molecule has 95 heavy (non-hydrogen) atoms. The molecular weight excluding hydrogens is 3030 g/mol. The summed E-state index contributed by atoms with van der Waals surface area (Å²) in [4.78, 5) is 68.6. The minimum absolute atomic E-state index is 0. The van der Waals surface area contributed by atoms with Crippen molar-refractivity contribution < 1.29 is 254 Å². The monoisotopic (exact) mass is 3100 g/mol. The minimum Gasteiger partial charge on any atom is -1.00 e. The molecule has 26 radical (unpaired) electrons. The van der Waals surface area contributed by atoms with Crippen LogP contribution in [0.25, 0.3) is 18.5 Å². The smallest absolute Gasteiger partial charge is 0.187 e. The van der Waals surface area contributed by atoms with E-state index >= 15 is 0 Å². The summed E-state index contributed by atoms with van der Waals surface area (Å²) in [6.45, 7) is 32.5. The molecule has 0 fully saturated rings. The van der Waals surface area contributed by atoms with Gasteiger partial charge in [-0.15, -0.1) is 0 Å². The minimum atomic E-state index is -0.000182. The van der Waals surface area contributed by atoms with Crippen LogP contribution in [0.15, 0.2) is 216 Å². The summed E-state index contributed by atoms with van der Waals surface area (Å²) in [5.41, 5.74) is 3.84. The van der Waals surface area contributed by atoms with E-state index in [9.17, 15) is 28.8 Å². The van der Waals surface area contributed by atoms with Gasteiger partial charge in [-0.25, -0.2) is 0 Å². The van der Waals surface area contributed by atoms with E-state index in [-0.39, 0.29) is 415 Å². The molecule has 0 aromatic rings. The molecule has 21 nitrogen and oxygen atoms in total. The van der Waals surface area contributed by atoms with Gasteiger partial charge >= 0.3 is 0 Å². The van der Waals surface area contributed by atoms with Crippen molar-refractivity contribution in [3.63, 3.8) is 0 Å². The summed E-state index contributed by atoms with van der Waals surface area (Å²) in [6, 6.07) is 0. The number of allylic oxidation sites excluding steroid dienone is 30. The number of nitrogens with one attached hydrogen (secondary N) is 6. The Morgan fingerprint density at radius 1 is 0.232 bits per heavy atom. The van der Waals surface area contributed by atoms with Crippen LogP contribution in [0.5, 0.6) is 0 Å². The molecule has 6 rings (SSSR count). The molecule has 6 aliphatic carbocycles. The van der Waals surface area contributed by atoms with E-state index in [0.717, 1.165) is 0 Å². The van der Waals surface area contributed by atoms with Gasteiger partial charge in [-0.05, 0) is 72.9 Å². The molecular formula is C54H54Mn6N15O6Re6Se8-11. The normalized spacial score (nSPS) is 13.4. The second-order valence-corrected chi connectivity index (χ2v) is 12.8. The number of ketones is 6. The van der Waals surface area contributed by atoms with Crippen LogP contribution in [0.4, 0.5) is 0 Å². The van der Waals surface area contributed by atoms with Crippen molar-refractivity contribution in [3.8, 4) is 0 Å². The fourth-order valence-electron chi connectivity index (χ4n) is 5.12. The van der Waals surface area contributed by atoms with Gasteiger partial charge in [0, 0.05) is 437 Å². The zero-order valence-electron chi connectivity index (χ0n) is 48.2. The van der Waals surface area contributed by atoms with E-state index < -0.39 is 0 Å². The van der Waals surface area contributed by atoms with Gasteiger partial charge in [-0.3, -0.25) is 28.8 Å². The second-order valence-electron chi connectivity index (χ2n) is 12.8. The van der Waals surface area contributed by atoms with Gasteiger partial charge in [-0.2, -0.15) is 0 Å². The van der Waals surface area contributed by atoms with Crippen LogP contribution in [0.1, 0.15) is 0 Å². The van der Waals surface area contributed by atoms with Crippen LogP contribution in [0.2, 0.25) is 0 Å². The molecule has 0 unspecified atom stereocenters. The maximum absolute atomic E-state index is 11.4. The number of hydrogen-bond acceptors (Lipinski definition) is 18. The molecule has 41 heteroatoms. The van der Waals surface area contributed by atoms with Crippen molar-refractivity contribution in [3.05, 3.63) is 274 Å². The zero-order chi connectivity index (χ0) is 54.6. The molecule has 6 aliphatic rings. The molecule has 0 amide bonds. The third-order valence-corrected chi connectivity index (χ3v) is 8.30. The number of nitrogens with two attached hydrogens (primary N) is 3. The molecule has 0 aromatic heterocycles. The Balaban J connectivity index is -0.0000000260. The van der Waals surface area contributed by atoms with E-state index in [1.165, 1.54) is 36.5 Å². The van der Waals surface area contributed by atoms with Crippen LogP contribution < -0.4 is 31.9 Å². The van der Waals surface area contributed by atoms with Crippen molar-refractivity contribution in [1.29, 1.82) is 31.6 Å². The van der Waals surface area contributed by atoms with Crippen LogP contribution in [0, 0.1) is 71.0 Å². The number of carbonyl (C=O) groups excluding carboxylic acids is 6. The fourth-order valence-corrected chi connectivity index (χ4v) is 5.12. The topological polar surface area (TPSA) is 418 Å². The van der Waals surface area contributed by atoms with Gasteiger partial charge in [0.15, 0.2) is 34.7 Å². The van der Waals surface area contributed by atoms with E-state index in [1.54, 1.807) is 110 Å². The van der Waals surface area contributed by atoms with E-state index in [4.69, 9.17) is 71.0 Å². The Morgan fingerprint density at radius 2 is 0.316 bits per heavy atom. The Morgan fingerprint density at radius 3 is 0.400 bits per heavy atom. The van der Waals surface area contributed by atoms with Crippen molar-refractivity contribution in [2.45, 2.75) is 0 Å². The molecule has 0 heterocycles. The summed E-state index contributed by atoms with van der Waals surface area (Å²) in [6.07, 6.45) is 51.3. The van der Waals surface area contributed by atoms with Gasteiger partial charge in [0.25, 0.3) is 0 Å². The number of carbonyl (C=O) groups is 6. The standard InChI is InChI=1S/3C16H16N2O2.6CN.6Mn.3H2N.6Re.8Se/c3*19-15-7-3-1-5-13(15)11-17-9-10-18-12-14-6-2-4-8-16(14)20;6*1-2;;;;;;;;;;;;;;;;;;;;;;;/h3*1-8,11-12,17-18H,9-10H2;;;;;;;;;;;;;3*1H2;;;;;;;;;;;;;;/q;;;6*-1;;;;;;;3*-1;;;;;;;;;;;;;2*-1. The number of hydrogen-bond donors (Lipinski definition) is 6. The number of rotatable bonds is 15. The predicted molar refractivity (Wildman–Crippen MR) is 328 cm³/mol. The molecule has 12 N–H and O–H groups in total. The molecule has 0 saturated carbocycles. The van der Waals surface area contributed by atoms with E-state index in [0.29, 0.717) is 72.7 Å². The van der Waals surface area contributed by atoms with Crippen molar-refractivity contribution in [2.75, 3.05) is 39.3 Å². The maximum Gasteiger partial charge on any atom is 0.187 e. The first-order valence-corrected chi connectivity index (χ1v) is 20.6. The molecule has 0 aliphatic heterocycles. The van der Waals surface area contributed by atoms with Crippen LogP contribution in [-0.2, 0) is 254 Å².